The van der Waals surface area contributed by atoms with Crippen LogP contribution in [0.5, 0.6) is 5.75 Å². The zero-order chi connectivity index (χ0) is 14.7. The van der Waals surface area contributed by atoms with Crippen LogP contribution in [0.25, 0.3) is 0 Å². The topological polar surface area (TPSA) is 38.3 Å². The first-order chi connectivity index (χ1) is 9.52. The molecule has 20 heavy (non-hydrogen) atoms. The lowest BCUT2D eigenvalue weighted by atomic mass is 10.1. The molecule has 5 heteroatoms. The van der Waals surface area contributed by atoms with Crippen LogP contribution in [0.4, 0.5) is 10.1 Å². The molecule has 0 saturated heterocycles. The summed E-state index contributed by atoms with van der Waals surface area (Å²) in [6, 6.07) is 9.48. The SMILES string of the molecule is COc1ccc(F)c(NC(=O)c2cccc(Br)c2C)c1. The predicted octanol–water partition coefficient (Wildman–Crippen LogP) is 4.16. The van der Waals surface area contributed by atoms with E-state index in [1.54, 1.807) is 12.1 Å². The first-order valence-electron chi connectivity index (χ1n) is 5.93. The Morgan fingerprint density at radius 3 is 2.75 bits per heavy atom. The number of anilines is 1. The van der Waals surface area contributed by atoms with Gasteiger partial charge in [-0.2, -0.15) is 0 Å². The molecule has 0 bridgehead atoms. The zero-order valence-corrected chi connectivity index (χ0v) is 12.6. The van der Waals surface area contributed by atoms with Crippen molar-refractivity contribution in [2.45, 2.75) is 6.92 Å². The van der Waals surface area contributed by atoms with Gasteiger partial charge in [0.25, 0.3) is 5.91 Å². The highest BCUT2D eigenvalue weighted by Crippen LogP contribution is 2.24. The van der Waals surface area contributed by atoms with E-state index in [2.05, 4.69) is 21.2 Å². The summed E-state index contributed by atoms with van der Waals surface area (Å²) < 4.78 is 19.5. The van der Waals surface area contributed by atoms with Crippen LogP contribution in [-0.2, 0) is 0 Å². The molecule has 0 unspecified atom stereocenters. The monoisotopic (exact) mass is 337 g/mol. The van der Waals surface area contributed by atoms with Crippen LogP contribution in [0.3, 0.4) is 0 Å². The first kappa shape index (κ1) is 14.5. The number of ether oxygens (including phenoxy) is 1. The first-order valence-corrected chi connectivity index (χ1v) is 6.72. The van der Waals surface area contributed by atoms with Crippen LogP contribution < -0.4 is 10.1 Å². The smallest absolute Gasteiger partial charge is 0.256 e. The lowest BCUT2D eigenvalue weighted by Crippen LogP contribution is -2.14. The molecule has 104 valence electrons. The Labute approximate surface area is 124 Å². The van der Waals surface area contributed by atoms with Gasteiger partial charge in [-0.25, -0.2) is 4.39 Å². The Morgan fingerprint density at radius 2 is 2.05 bits per heavy atom. The van der Waals surface area contributed by atoms with Gasteiger partial charge in [-0.3, -0.25) is 4.79 Å². The summed E-state index contributed by atoms with van der Waals surface area (Å²) in [6.07, 6.45) is 0. The summed E-state index contributed by atoms with van der Waals surface area (Å²) in [6.45, 7) is 1.82. The number of amides is 1. The Bertz CT molecular complexity index is 658. The molecule has 0 fully saturated rings. The van der Waals surface area contributed by atoms with Gasteiger partial charge in [0, 0.05) is 16.1 Å². The average Bonchev–Trinajstić information content (AvgIpc) is 2.44. The number of hydrogen-bond acceptors (Lipinski definition) is 2. The highest BCUT2D eigenvalue weighted by Gasteiger charge is 2.13. The molecule has 0 saturated carbocycles. The fraction of sp³-hybridized carbons (Fsp3) is 0.133. The maximum atomic E-state index is 13.7. The lowest BCUT2D eigenvalue weighted by molar-refractivity contribution is 0.102. The molecule has 2 aromatic carbocycles. The minimum absolute atomic E-state index is 0.0914. The molecule has 0 spiro atoms. The fourth-order valence-corrected chi connectivity index (χ4v) is 2.14. The highest BCUT2D eigenvalue weighted by atomic mass is 79.9. The van der Waals surface area contributed by atoms with Crippen molar-refractivity contribution < 1.29 is 13.9 Å². The third-order valence-corrected chi connectivity index (χ3v) is 3.79. The van der Waals surface area contributed by atoms with Crippen molar-refractivity contribution in [1.29, 1.82) is 0 Å². The van der Waals surface area contributed by atoms with E-state index in [1.807, 2.05) is 13.0 Å². The third kappa shape index (κ3) is 2.99. The molecule has 0 aliphatic heterocycles. The van der Waals surface area contributed by atoms with Crippen LogP contribution >= 0.6 is 15.9 Å². The van der Waals surface area contributed by atoms with Crippen LogP contribution in [0.15, 0.2) is 40.9 Å². The van der Waals surface area contributed by atoms with Gasteiger partial charge < -0.3 is 10.1 Å². The van der Waals surface area contributed by atoms with Crippen molar-refractivity contribution in [3.63, 3.8) is 0 Å². The van der Waals surface area contributed by atoms with Crippen molar-refractivity contribution in [2.24, 2.45) is 0 Å². The van der Waals surface area contributed by atoms with E-state index < -0.39 is 5.82 Å². The van der Waals surface area contributed by atoms with Gasteiger partial charge in [-0.1, -0.05) is 22.0 Å². The van der Waals surface area contributed by atoms with E-state index in [4.69, 9.17) is 4.74 Å². The molecule has 3 nitrogen and oxygen atoms in total. The van der Waals surface area contributed by atoms with E-state index in [-0.39, 0.29) is 11.6 Å². The quantitative estimate of drug-likeness (QED) is 0.913. The number of benzene rings is 2. The third-order valence-electron chi connectivity index (χ3n) is 2.93. The van der Waals surface area contributed by atoms with Crippen LogP contribution in [-0.4, -0.2) is 13.0 Å². The molecular formula is C15H13BrFNO2. The fourth-order valence-electron chi connectivity index (χ4n) is 1.77. The Balaban J connectivity index is 2.30. The molecule has 0 aliphatic carbocycles. The maximum Gasteiger partial charge on any atom is 0.256 e. The second-order valence-corrected chi connectivity index (χ2v) is 5.07. The minimum Gasteiger partial charge on any atom is -0.497 e. The summed E-state index contributed by atoms with van der Waals surface area (Å²) in [4.78, 5) is 12.2. The van der Waals surface area contributed by atoms with Crippen molar-refractivity contribution in [1.82, 2.24) is 0 Å². The summed E-state index contributed by atoms with van der Waals surface area (Å²) >= 11 is 3.36. The zero-order valence-electron chi connectivity index (χ0n) is 11.0. The number of methoxy groups -OCH3 is 1. The molecule has 0 radical (unpaired) electrons. The van der Waals surface area contributed by atoms with Crippen LogP contribution in [0.2, 0.25) is 0 Å². The van der Waals surface area contributed by atoms with Gasteiger partial charge in [0.15, 0.2) is 0 Å². The van der Waals surface area contributed by atoms with Crippen molar-refractivity contribution in [3.8, 4) is 5.75 Å². The van der Waals surface area contributed by atoms with Gasteiger partial charge in [0.1, 0.15) is 11.6 Å². The molecule has 0 atom stereocenters. The van der Waals surface area contributed by atoms with E-state index in [0.29, 0.717) is 11.3 Å². The van der Waals surface area contributed by atoms with Gasteiger partial charge >= 0.3 is 0 Å². The number of halogens is 2. The summed E-state index contributed by atoms with van der Waals surface area (Å²) in [5.74, 6) is -0.393. The number of rotatable bonds is 3. The maximum absolute atomic E-state index is 13.7. The average molecular weight is 338 g/mol. The molecule has 2 rings (SSSR count). The number of hydrogen-bond donors (Lipinski definition) is 1. The van der Waals surface area contributed by atoms with Crippen LogP contribution in [0.1, 0.15) is 15.9 Å². The Hall–Kier alpha value is -1.88. The Kier molecular flexibility index (Phi) is 4.39. The molecule has 1 amide bonds. The van der Waals surface area contributed by atoms with Gasteiger partial charge in [-0.15, -0.1) is 0 Å². The van der Waals surface area contributed by atoms with E-state index in [9.17, 15) is 9.18 Å². The summed E-state index contributed by atoms with van der Waals surface area (Å²) in [5, 5.41) is 2.55. The number of carbonyl (C=O) groups excluding carboxylic acids is 1. The second kappa shape index (κ2) is 6.05. The van der Waals surface area contributed by atoms with Crippen molar-refractivity contribution in [3.05, 3.63) is 57.8 Å². The van der Waals surface area contributed by atoms with E-state index >= 15 is 0 Å². The minimum atomic E-state index is -0.508. The second-order valence-electron chi connectivity index (χ2n) is 4.21. The standard InChI is InChI=1S/C15H13BrFNO2/c1-9-11(4-3-5-12(9)16)15(19)18-14-8-10(20-2)6-7-13(14)17/h3-8H,1-2H3,(H,18,19). The molecule has 0 aliphatic rings. The largest absolute Gasteiger partial charge is 0.497 e. The predicted molar refractivity (Wildman–Crippen MR) is 79.8 cm³/mol. The van der Waals surface area contributed by atoms with Crippen LogP contribution in [0, 0.1) is 12.7 Å². The van der Waals surface area contributed by atoms with Gasteiger partial charge in [-0.05, 0) is 36.8 Å². The molecule has 2 aromatic rings. The summed E-state index contributed by atoms with van der Waals surface area (Å²) in [7, 11) is 1.48. The van der Waals surface area contributed by atoms with Gasteiger partial charge in [0.05, 0.1) is 12.8 Å². The molecule has 1 N–H and O–H groups in total. The number of carbonyl (C=O) groups is 1. The van der Waals surface area contributed by atoms with Crippen molar-refractivity contribution in [2.75, 3.05) is 12.4 Å². The molecular weight excluding hydrogens is 325 g/mol. The van der Waals surface area contributed by atoms with E-state index in [1.165, 1.54) is 25.3 Å². The number of nitrogens with one attached hydrogen (secondary N) is 1. The van der Waals surface area contributed by atoms with Crippen molar-refractivity contribution >= 4 is 27.5 Å². The molecule has 0 heterocycles. The summed E-state index contributed by atoms with van der Waals surface area (Å²) in [5.41, 5.74) is 1.38. The lowest BCUT2D eigenvalue weighted by Gasteiger charge is -2.10. The molecule has 0 aromatic heterocycles. The van der Waals surface area contributed by atoms with E-state index in [0.717, 1.165) is 10.0 Å². The highest BCUT2D eigenvalue weighted by molar-refractivity contribution is 9.10. The Morgan fingerprint density at radius 1 is 1.30 bits per heavy atom. The normalized spacial score (nSPS) is 10.2. The van der Waals surface area contributed by atoms with Gasteiger partial charge in [0.2, 0.25) is 0 Å².